The van der Waals surface area contributed by atoms with E-state index in [-0.39, 0.29) is 24.0 Å². The van der Waals surface area contributed by atoms with E-state index in [1.54, 1.807) is 7.05 Å². The van der Waals surface area contributed by atoms with E-state index in [1.807, 2.05) is 0 Å². The van der Waals surface area contributed by atoms with Crippen LogP contribution in [0.1, 0.15) is 31.4 Å². The zero-order valence-corrected chi connectivity index (χ0v) is 19.9. The summed E-state index contributed by atoms with van der Waals surface area (Å²) in [4.78, 5) is 6.72. The van der Waals surface area contributed by atoms with Gasteiger partial charge in [-0.15, -0.1) is 24.0 Å². The maximum absolute atomic E-state index is 5.59. The highest BCUT2D eigenvalue weighted by atomic mass is 127. The van der Waals surface area contributed by atoms with Gasteiger partial charge in [-0.25, -0.2) is 0 Å². The van der Waals surface area contributed by atoms with E-state index in [0.717, 1.165) is 71.5 Å². The van der Waals surface area contributed by atoms with Crippen LogP contribution in [0.15, 0.2) is 29.3 Å². The second-order valence-electron chi connectivity index (χ2n) is 7.38. The van der Waals surface area contributed by atoms with Crippen LogP contribution in [0.5, 0.6) is 0 Å². The smallest absolute Gasteiger partial charge is 0.191 e. The van der Waals surface area contributed by atoms with Crippen molar-refractivity contribution in [2.45, 2.75) is 33.4 Å². The molecular formula is C21H37IN4O2. The van der Waals surface area contributed by atoms with E-state index in [1.165, 1.54) is 11.1 Å². The molecule has 0 saturated carbocycles. The minimum absolute atomic E-state index is 0. The molecule has 1 aromatic rings. The monoisotopic (exact) mass is 504 g/mol. The Kier molecular flexibility index (Phi) is 13.5. The molecule has 0 aliphatic carbocycles. The van der Waals surface area contributed by atoms with Crippen molar-refractivity contribution in [3.63, 3.8) is 0 Å². The Morgan fingerprint density at radius 2 is 1.82 bits per heavy atom. The Bertz CT molecular complexity index is 546. The van der Waals surface area contributed by atoms with E-state index in [4.69, 9.17) is 9.47 Å². The third-order valence-corrected chi connectivity index (χ3v) is 4.43. The molecule has 1 aliphatic heterocycles. The Balaban J connectivity index is 0.00000392. The summed E-state index contributed by atoms with van der Waals surface area (Å²) in [6.07, 6.45) is 0.976. The van der Waals surface area contributed by atoms with Crippen LogP contribution in [0.2, 0.25) is 0 Å². The molecule has 0 aromatic heterocycles. The molecule has 1 heterocycles. The second kappa shape index (κ2) is 15.0. The number of nitrogens with one attached hydrogen (secondary N) is 2. The van der Waals surface area contributed by atoms with Crippen molar-refractivity contribution in [2.75, 3.05) is 53.1 Å². The number of hydrogen-bond donors (Lipinski definition) is 2. The molecule has 1 saturated heterocycles. The number of nitrogens with zero attached hydrogens (tertiary/aromatic N) is 2. The van der Waals surface area contributed by atoms with Gasteiger partial charge in [0.1, 0.15) is 0 Å². The van der Waals surface area contributed by atoms with Gasteiger partial charge in [0.05, 0.1) is 13.2 Å². The first-order valence-electron chi connectivity index (χ1n) is 10.1. The third kappa shape index (κ3) is 10.6. The maximum Gasteiger partial charge on any atom is 0.191 e. The first-order chi connectivity index (χ1) is 13.2. The van der Waals surface area contributed by atoms with Crippen LogP contribution < -0.4 is 10.6 Å². The van der Waals surface area contributed by atoms with E-state index in [9.17, 15) is 0 Å². The molecule has 1 fully saturated rings. The quantitative estimate of drug-likeness (QED) is 0.222. The van der Waals surface area contributed by atoms with Crippen LogP contribution in [0.3, 0.4) is 0 Å². The van der Waals surface area contributed by atoms with Crippen LogP contribution in [0.4, 0.5) is 0 Å². The summed E-state index contributed by atoms with van der Waals surface area (Å²) in [5, 5.41) is 6.70. The molecule has 2 N–H and O–H groups in total. The summed E-state index contributed by atoms with van der Waals surface area (Å²) >= 11 is 0. The molecule has 1 aromatic carbocycles. The fourth-order valence-electron chi connectivity index (χ4n) is 2.89. The summed E-state index contributed by atoms with van der Waals surface area (Å²) in [7, 11) is 1.80. The summed E-state index contributed by atoms with van der Waals surface area (Å²) in [6, 6.07) is 8.81. The van der Waals surface area contributed by atoms with Crippen molar-refractivity contribution in [1.82, 2.24) is 15.5 Å². The highest BCUT2D eigenvalue weighted by molar-refractivity contribution is 14.0. The molecule has 0 radical (unpaired) electrons. The summed E-state index contributed by atoms with van der Waals surface area (Å²) < 4.78 is 11.0. The van der Waals surface area contributed by atoms with Gasteiger partial charge in [-0.2, -0.15) is 0 Å². The van der Waals surface area contributed by atoms with Gasteiger partial charge >= 0.3 is 0 Å². The van der Waals surface area contributed by atoms with Gasteiger partial charge in [0.15, 0.2) is 5.96 Å². The molecular weight excluding hydrogens is 467 g/mol. The molecule has 2 rings (SSSR count). The fourth-order valence-corrected chi connectivity index (χ4v) is 2.89. The van der Waals surface area contributed by atoms with Crippen molar-refractivity contribution in [2.24, 2.45) is 10.9 Å². The topological polar surface area (TPSA) is 58.1 Å². The third-order valence-electron chi connectivity index (χ3n) is 4.43. The summed E-state index contributed by atoms with van der Waals surface area (Å²) in [6.45, 7) is 12.3. The Labute approximate surface area is 187 Å². The lowest BCUT2D eigenvalue weighted by molar-refractivity contribution is 0.0342. The van der Waals surface area contributed by atoms with Gasteiger partial charge < -0.3 is 20.1 Å². The second-order valence-corrected chi connectivity index (χ2v) is 7.38. The molecule has 7 heteroatoms. The maximum atomic E-state index is 5.59. The average molecular weight is 504 g/mol. The minimum atomic E-state index is 0. The molecule has 0 atom stereocenters. The van der Waals surface area contributed by atoms with Gasteiger partial charge in [-0.05, 0) is 23.5 Å². The Morgan fingerprint density at radius 1 is 1.14 bits per heavy atom. The number of aliphatic imine (C=N–C) groups is 1. The molecule has 6 nitrogen and oxygen atoms in total. The standard InChI is InChI=1S/C21H36N4O2.HI/c1-18(2)17-27-12-4-9-23-21(22-3)24-15-19-5-7-20(8-6-19)16-25-10-13-26-14-11-25;/h5-8,18H,4,9-17H2,1-3H3,(H2,22,23,24);1H. The normalized spacial score (nSPS) is 15.4. The van der Waals surface area contributed by atoms with Crippen LogP contribution in [0, 0.1) is 5.92 Å². The highest BCUT2D eigenvalue weighted by Crippen LogP contribution is 2.09. The number of benzene rings is 1. The predicted molar refractivity (Wildman–Crippen MR) is 126 cm³/mol. The van der Waals surface area contributed by atoms with Gasteiger partial charge in [0, 0.05) is 53.0 Å². The molecule has 160 valence electrons. The van der Waals surface area contributed by atoms with E-state index < -0.39 is 0 Å². The number of morpholine rings is 1. The number of halogens is 1. The van der Waals surface area contributed by atoms with Gasteiger partial charge in [0.2, 0.25) is 0 Å². The summed E-state index contributed by atoms with van der Waals surface area (Å²) in [5.41, 5.74) is 2.61. The van der Waals surface area contributed by atoms with Crippen molar-refractivity contribution < 1.29 is 9.47 Å². The molecule has 0 spiro atoms. The number of ether oxygens (including phenoxy) is 2. The van der Waals surface area contributed by atoms with E-state index in [0.29, 0.717) is 5.92 Å². The molecule has 28 heavy (non-hydrogen) atoms. The lowest BCUT2D eigenvalue weighted by Gasteiger charge is -2.26. The predicted octanol–water partition coefficient (Wildman–Crippen LogP) is 2.86. The zero-order valence-electron chi connectivity index (χ0n) is 17.6. The Hall–Kier alpha value is -0.900. The van der Waals surface area contributed by atoms with Crippen molar-refractivity contribution in [3.05, 3.63) is 35.4 Å². The van der Waals surface area contributed by atoms with Crippen molar-refractivity contribution >= 4 is 29.9 Å². The van der Waals surface area contributed by atoms with Gasteiger partial charge in [-0.1, -0.05) is 38.1 Å². The highest BCUT2D eigenvalue weighted by Gasteiger charge is 2.10. The van der Waals surface area contributed by atoms with Crippen LogP contribution in [-0.2, 0) is 22.6 Å². The minimum Gasteiger partial charge on any atom is -0.381 e. The van der Waals surface area contributed by atoms with Crippen LogP contribution >= 0.6 is 24.0 Å². The largest absolute Gasteiger partial charge is 0.381 e. The first kappa shape index (κ1) is 25.1. The fraction of sp³-hybridized carbons (Fsp3) is 0.667. The van der Waals surface area contributed by atoms with Crippen molar-refractivity contribution in [3.8, 4) is 0 Å². The SMILES string of the molecule is CN=C(NCCCOCC(C)C)NCc1ccc(CN2CCOCC2)cc1.I. The van der Waals surface area contributed by atoms with E-state index in [2.05, 4.69) is 58.6 Å². The number of guanidine groups is 1. The summed E-state index contributed by atoms with van der Waals surface area (Å²) in [5.74, 6) is 1.42. The van der Waals surface area contributed by atoms with Gasteiger partial charge in [-0.3, -0.25) is 9.89 Å². The Morgan fingerprint density at radius 3 is 2.46 bits per heavy atom. The lowest BCUT2D eigenvalue weighted by atomic mass is 10.1. The van der Waals surface area contributed by atoms with Crippen molar-refractivity contribution in [1.29, 1.82) is 0 Å². The van der Waals surface area contributed by atoms with Crippen LogP contribution in [-0.4, -0.2) is 64.0 Å². The first-order valence-corrected chi connectivity index (χ1v) is 10.1. The molecule has 0 bridgehead atoms. The average Bonchev–Trinajstić information content (AvgIpc) is 2.68. The number of rotatable bonds is 10. The molecule has 1 aliphatic rings. The lowest BCUT2D eigenvalue weighted by Crippen LogP contribution is -2.37. The molecule has 0 unspecified atom stereocenters. The molecule has 0 amide bonds. The van der Waals surface area contributed by atoms with E-state index >= 15 is 0 Å². The van der Waals surface area contributed by atoms with Crippen LogP contribution in [0.25, 0.3) is 0 Å². The number of hydrogen-bond acceptors (Lipinski definition) is 4. The zero-order chi connectivity index (χ0) is 19.3. The van der Waals surface area contributed by atoms with Gasteiger partial charge in [0.25, 0.3) is 0 Å².